The number of hydrogen-bond acceptors (Lipinski definition) is 6. The Labute approximate surface area is 187 Å². The van der Waals surface area contributed by atoms with Gasteiger partial charge in [-0.1, -0.05) is 12.1 Å². The van der Waals surface area contributed by atoms with Crippen LogP contribution in [0.25, 0.3) is 0 Å². The summed E-state index contributed by atoms with van der Waals surface area (Å²) < 4.78 is 24.3. The van der Waals surface area contributed by atoms with Gasteiger partial charge >= 0.3 is 6.09 Å². The van der Waals surface area contributed by atoms with Crippen molar-refractivity contribution in [1.29, 1.82) is 5.26 Å². The number of nitrogens with zero attached hydrogens (tertiary/aromatic N) is 2. The van der Waals surface area contributed by atoms with Crippen LogP contribution in [-0.2, 0) is 11.2 Å². The average Bonchev–Trinajstić information content (AvgIpc) is 2.74. The molecule has 0 aliphatic carbocycles. The molecule has 1 amide bonds. The van der Waals surface area contributed by atoms with E-state index in [1.54, 1.807) is 14.0 Å². The number of rotatable bonds is 9. The van der Waals surface area contributed by atoms with E-state index in [0.717, 1.165) is 23.8 Å². The number of likely N-dealkylation sites (N-methyl/N-ethyl adjacent to an activating group) is 1. The molecule has 0 saturated heterocycles. The van der Waals surface area contributed by atoms with Crippen LogP contribution < -0.4 is 10.1 Å². The van der Waals surface area contributed by atoms with E-state index in [9.17, 15) is 19.6 Å². The third kappa shape index (κ3) is 7.72. The highest BCUT2D eigenvalue weighted by atomic mass is 35.5. The molecular weight excluding hydrogens is 425 g/mol. The van der Waals surface area contributed by atoms with Gasteiger partial charge in [0.1, 0.15) is 17.6 Å². The minimum absolute atomic E-state index is 0. The fraction of sp³-hybridized carbons (Fsp3) is 0.364. The highest BCUT2D eigenvalue weighted by Crippen LogP contribution is 2.26. The zero-order chi connectivity index (χ0) is 22.1. The first-order valence-electron chi connectivity index (χ1n) is 9.54. The minimum Gasteiger partial charge on any atom is -0.497 e. The first-order valence-corrected chi connectivity index (χ1v) is 9.54. The molecule has 2 rings (SSSR count). The predicted octanol–water partition coefficient (Wildman–Crippen LogP) is 3.90. The lowest BCUT2D eigenvalue weighted by atomic mass is 10.0. The van der Waals surface area contributed by atoms with Crippen molar-refractivity contribution in [2.45, 2.75) is 19.4 Å². The monoisotopic (exact) mass is 451 g/mol. The van der Waals surface area contributed by atoms with Crippen LogP contribution in [0, 0.1) is 17.1 Å². The van der Waals surface area contributed by atoms with Gasteiger partial charge in [-0.15, -0.1) is 12.4 Å². The van der Waals surface area contributed by atoms with Crippen LogP contribution >= 0.6 is 12.4 Å². The summed E-state index contributed by atoms with van der Waals surface area (Å²) in [7, 11) is 3.47. The Morgan fingerprint density at radius 2 is 2.00 bits per heavy atom. The van der Waals surface area contributed by atoms with Gasteiger partial charge in [-0.3, -0.25) is 5.32 Å². The van der Waals surface area contributed by atoms with Crippen molar-refractivity contribution in [3.05, 3.63) is 58.9 Å². The molecule has 0 saturated carbocycles. The molecule has 31 heavy (non-hydrogen) atoms. The number of benzene rings is 2. The number of nitriles is 1. The van der Waals surface area contributed by atoms with Crippen LogP contribution in [0.1, 0.15) is 29.7 Å². The number of amides is 1. The summed E-state index contributed by atoms with van der Waals surface area (Å²) in [5.74, 6) is -0.0178. The number of carbonyl (C=O) groups excluding carboxylic acids is 1. The summed E-state index contributed by atoms with van der Waals surface area (Å²) in [6, 6.07) is 12.1. The maximum Gasteiger partial charge on any atom is 0.411 e. The highest BCUT2D eigenvalue weighted by molar-refractivity contribution is 5.87. The van der Waals surface area contributed by atoms with Gasteiger partial charge in [-0.25, -0.2) is 9.18 Å². The molecule has 9 heteroatoms. The van der Waals surface area contributed by atoms with Gasteiger partial charge < -0.3 is 19.5 Å². The molecule has 2 aromatic carbocycles. The Bertz CT molecular complexity index is 903. The third-order valence-electron chi connectivity index (χ3n) is 4.55. The predicted molar refractivity (Wildman–Crippen MR) is 118 cm³/mol. The van der Waals surface area contributed by atoms with Gasteiger partial charge in [0, 0.05) is 13.1 Å². The van der Waals surface area contributed by atoms with E-state index in [4.69, 9.17) is 9.47 Å². The second-order valence-electron chi connectivity index (χ2n) is 6.76. The van der Waals surface area contributed by atoms with Crippen LogP contribution in [-0.4, -0.2) is 50.0 Å². The third-order valence-corrected chi connectivity index (χ3v) is 4.55. The van der Waals surface area contributed by atoms with Crippen molar-refractivity contribution in [1.82, 2.24) is 4.90 Å². The number of hydrogen-bond donors (Lipinski definition) is 2. The Kier molecular flexibility index (Phi) is 10.8. The lowest BCUT2D eigenvalue weighted by Gasteiger charge is -2.21. The van der Waals surface area contributed by atoms with Gasteiger partial charge in [-0.2, -0.15) is 5.26 Å². The molecule has 0 aliphatic heterocycles. The van der Waals surface area contributed by atoms with E-state index in [0.29, 0.717) is 6.54 Å². The van der Waals surface area contributed by atoms with Gasteiger partial charge in [0.25, 0.3) is 0 Å². The smallest absolute Gasteiger partial charge is 0.411 e. The Morgan fingerprint density at radius 1 is 1.32 bits per heavy atom. The molecule has 0 fully saturated rings. The molecule has 0 aliphatic rings. The fourth-order valence-corrected chi connectivity index (χ4v) is 2.91. The van der Waals surface area contributed by atoms with Crippen molar-refractivity contribution in [3.8, 4) is 11.8 Å². The second-order valence-corrected chi connectivity index (χ2v) is 6.76. The number of aliphatic hydroxyl groups is 1. The maximum absolute atomic E-state index is 14.5. The molecule has 0 heterocycles. The van der Waals surface area contributed by atoms with Crippen molar-refractivity contribution < 1.29 is 23.8 Å². The van der Waals surface area contributed by atoms with Crippen molar-refractivity contribution >= 4 is 24.2 Å². The summed E-state index contributed by atoms with van der Waals surface area (Å²) in [5, 5.41) is 22.0. The van der Waals surface area contributed by atoms with Gasteiger partial charge in [-0.05, 0) is 55.8 Å². The molecule has 0 aromatic heterocycles. The number of ether oxygens (including phenoxy) is 2. The zero-order valence-electron chi connectivity index (χ0n) is 17.7. The number of halogens is 2. The molecule has 0 bridgehead atoms. The lowest BCUT2D eigenvalue weighted by Crippen LogP contribution is -2.27. The zero-order valence-corrected chi connectivity index (χ0v) is 18.5. The first kappa shape index (κ1) is 26.2. The summed E-state index contributed by atoms with van der Waals surface area (Å²) in [5.41, 5.74) is 1.04. The molecule has 168 valence electrons. The fourth-order valence-electron chi connectivity index (χ4n) is 2.91. The number of methoxy groups -OCH3 is 1. The lowest BCUT2D eigenvalue weighted by molar-refractivity contribution is 0.127. The molecule has 2 N–H and O–H groups in total. The summed E-state index contributed by atoms with van der Waals surface area (Å²) in [6.45, 7) is 2.67. The first-order chi connectivity index (χ1) is 14.4. The van der Waals surface area contributed by atoms with Gasteiger partial charge in [0.05, 0.1) is 31.1 Å². The molecule has 2 aromatic rings. The quantitative estimate of drug-likeness (QED) is 0.600. The standard InChI is InChI=1S/C22H26FN3O4.ClH/c1-4-30-22(28)25-21-17(13-24)11-16(12-19(21)23)20(27)14-26(2)10-9-15-5-7-18(29-3)8-6-15;/h5-8,11-12,20,27H,4,9-10,14H2,1-3H3,(H,25,28);1H. The number of anilines is 1. The molecule has 1 atom stereocenters. The maximum atomic E-state index is 14.5. The molecular formula is C22H27ClFN3O4. The Morgan fingerprint density at radius 3 is 2.58 bits per heavy atom. The van der Waals surface area contributed by atoms with E-state index in [-0.39, 0.29) is 42.4 Å². The van der Waals surface area contributed by atoms with Crippen LogP contribution in [0.5, 0.6) is 5.75 Å². The molecule has 1 unspecified atom stereocenters. The normalized spacial score (nSPS) is 11.3. The number of nitrogens with one attached hydrogen (secondary N) is 1. The number of aliphatic hydroxyl groups excluding tert-OH is 1. The van der Waals surface area contributed by atoms with Crippen molar-refractivity contribution in [2.75, 3.05) is 39.2 Å². The Hall–Kier alpha value is -2.86. The van der Waals surface area contributed by atoms with E-state index in [2.05, 4.69) is 5.32 Å². The topological polar surface area (TPSA) is 94.8 Å². The summed E-state index contributed by atoms with van der Waals surface area (Å²) >= 11 is 0. The minimum atomic E-state index is -0.996. The second kappa shape index (κ2) is 12.7. The molecule has 0 radical (unpaired) electrons. The van der Waals surface area contributed by atoms with Crippen LogP contribution in [0.2, 0.25) is 0 Å². The summed E-state index contributed by atoms with van der Waals surface area (Å²) in [6.07, 6.45) is -1.07. The average molecular weight is 452 g/mol. The Balaban J connectivity index is 0.00000480. The molecule has 7 nitrogen and oxygen atoms in total. The van der Waals surface area contributed by atoms with E-state index in [1.807, 2.05) is 42.3 Å². The number of carbonyl (C=O) groups is 1. The largest absolute Gasteiger partial charge is 0.497 e. The molecule has 0 spiro atoms. The SMILES string of the molecule is CCOC(=O)Nc1c(F)cc(C(O)CN(C)CCc2ccc(OC)cc2)cc1C#N.Cl. The van der Waals surface area contributed by atoms with E-state index < -0.39 is 18.0 Å². The van der Waals surface area contributed by atoms with Crippen LogP contribution in [0.4, 0.5) is 14.9 Å². The van der Waals surface area contributed by atoms with Crippen LogP contribution in [0.3, 0.4) is 0 Å². The van der Waals surface area contributed by atoms with E-state index >= 15 is 0 Å². The van der Waals surface area contributed by atoms with Gasteiger partial charge in [0.2, 0.25) is 0 Å². The summed E-state index contributed by atoms with van der Waals surface area (Å²) in [4.78, 5) is 13.5. The van der Waals surface area contributed by atoms with Crippen molar-refractivity contribution in [2.24, 2.45) is 0 Å². The van der Waals surface area contributed by atoms with Crippen LogP contribution in [0.15, 0.2) is 36.4 Å². The van der Waals surface area contributed by atoms with Gasteiger partial charge in [0.15, 0.2) is 0 Å². The highest BCUT2D eigenvalue weighted by Gasteiger charge is 2.19. The van der Waals surface area contributed by atoms with Crippen molar-refractivity contribution in [3.63, 3.8) is 0 Å². The van der Waals surface area contributed by atoms with E-state index in [1.165, 1.54) is 6.07 Å².